The van der Waals surface area contributed by atoms with E-state index in [0.29, 0.717) is 27.4 Å². The molecule has 31 heavy (non-hydrogen) atoms. The number of nitrogens with one attached hydrogen (secondary N) is 1. The fourth-order valence-corrected chi connectivity index (χ4v) is 3.67. The lowest BCUT2D eigenvalue weighted by Gasteiger charge is -2.35. The minimum absolute atomic E-state index is 0.229. The van der Waals surface area contributed by atoms with Crippen LogP contribution in [0, 0.1) is 5.82 Å². The smallest absolute Gasteiger partial charge is 0.283 e. The Balaban J connectivity index is 1.75. The van der Waals surface area contributed by atoms with Crippen molar-refractivity contribution in [2.75, 3.05) is 12.0 Å². The second kappa shape index (κ2) is 8.18. The fourth-order valence-electron chi connectivity index (χ4n) is 3.50. The van der Waals surface area contributed by atoms with Gasteiger partial charge in [-0.3, -0.25) is 4.98 Å². The minimum Gasteiger partial charge on any atom is -0.456 e. The summed E-state index contributed by atoms with van der Waals surface area (Å²) in [6.45, 7) is -1.24. The number of hydrogen-bond donors (Lipinski definition) is 2. The van der Waals surface area contributed by atoms with E-state index in [1.807, 2.05) is 0 Å². The van der Waals surface area contributed by atoms with Crippen LogP contribution in [-0.4, -0.2) is 35.2 Å². The normalized spacial score (nSPS) is 21.1. The molecule has 2 aromatic heterocycles. The number of fused-ring (bicyclic) bond motifs is 1. The Labute approximate surface area is 179 Å². The average Bonchev–Trinajstić information content (AvgIpc) is 2.74. The molecule has 1 aromatic carbocycles. The van der Waals surface area contributed by atoms with Gasteiger partial charge in [0.05, 0.1) is 5.02 Å². The van der Waals surface area contributed by atoms with Gasteiger partial charge in [-0.1, -0.05) is 11.6 Å². The van der Waals surface area contributed by atoms with Gasteiger partial charge in [0.25, 0.3) is 12.4 Å². The lowest BCUT2D eigenvalue weighted by atomic mass is 9.84. The molecule has 0 radical (unpaired) electrons. The van der Waals surface area contributed by atoms with Crippen LogP contribution in [0.25, 0.3) is 10.9 Å². The van der Waals surface area contributed by atoms with Gasteiger partial charge in [-0.05, 0) is 30.3 Å². The predicted molar refractivity (Wildman–Crippen MR) is 109 cm³/mol. The second-order valence-electron chi connectivity index (χ2n) is 7.01. The SMILES string of the molecule is NC1=NC(CF)(c2cc(Nc3nccc4cc(Cl)cnc34)ccc2F)CC(C(F)F)O1. The van der Waals surface area contributed by atoms with Crippen LogP contribution >= 0.6 is 11.6 Å². The monoisotopic (exact) mass is 453 g/mol. The standard InChI is InChI=1S/C20H16ClF4N5O/c21-11-5-10-3-4-27-18(16(10)28-8-11)29-12-1-2-14(23)13(6-12)20(9-22)7-15(17(24)25)31-19(26)30-20/h1-6,8,15,17H,7,9H2,(H2,26,30)(H,27,29). The van der Waals surface area contributed by atoms with Gasteiger partial charge in [-0.2, -0.15) is 0 Å². The number of nitrogens with two attached hydrogens (primary N) is 1. The van der Waals surface area contributed by atoms with Crippen molar-refractivity contribution in [1.82, 2.24) is 9.97 Å². The van der Waals surface area contributed by atoms with Crippen LogP contribution in [-0.2, 0) is 10.3 Å². The third-order valence-corrected chi connectivity index (χ3v) is 5.14. The Bertz CT molecular complexity index is 1160. The number of aromatic nitrogens is 2. The van der Waals surface area contributed by atoms with Crippen LogP contribution in [0.1, 0.15) is 12.0 Å². The zero-order valence-electron chi connectivity index (χ0n) is 15.8. The number of rotatable bonds is 5. The van der Waals surface area contributed by atoms with Crippen LogP contribution in [0.2, 0.25) is 5.02 Å². The molecule has 1 aliphatic rings. The van der Waals surface area contributed by atoms with E-state index >= 15 is 0 Å². The summed E-state index contributed by atoms with van der Waals surface area (Å²) in [6.07, 6.45) is -2.24. The van der Waals surface area contributed by atoms with Crippen molar-refractivity contribution in [2.24, 2.45) is 10.7 Å². The topological polar surface area (TPSA) is 85.4 Å². The predicted octanol–water partition coefficient (Wildman–Crippen LogP) is 4.70. The lowest BCUT2D eigenvalue weighted by molar-refractivity contribution is -0.0280. The third kappa shape index (κ3) is 4.07. The van der Waals surface area contributed by atoms with Gasteiger partial charge in [-0.15, -0.1) is 0 Å². The number of nitrogens with zero attached hydrogens (tertiary/aromatic N) is 3. The molecular formula is C20H16ClF4N5O. The van der Waals surface area contributed by atoms with Crippen molar-refractivity contribution in [3.63, 3.8) is 0 Å². The highest BCUT2D eigenvalue weighted by Crippen LogP contribution is 2.39. The largest absolute Gasteiger partial charge is 0.456 e. The summed E-state index contributed by atoms with van der Waals surface area (Å²) in [5, 5.41) is 4.16. The molecule has 0 saturated carbocycles. The highest BCUT2D eigenvalue weighted by Gasteiger charge is 2.44. The summed E-state index contributed by atoms with van der Waals surface area (Å²) in [5.41, 5.74) is 4.16. The van der Waals surface area contributed by atoms with Crippen molar-refractivity contribution in [3.8, 4) is 0 Å². The summed E-state index contributed by atoms with van der Waals surface area (Å²) in [4.78, 5) is 12.3. The summed E-state index contributed by atoms with van der Waals surface area (Å²) in [6, 6.07) is 6.58. The second-order valence-corrected chi connectivity index (χ2v) is 7.45. The molecule has 0 aliphatic carbocycles. The van der Waals surface area contributed by atoms with E-state index < -0.39 is 43.0 Å². The molecule has 2 atom stereocenters. The summed E-state index contributed by atoms with van der Waals surface area (Å²) in [5.74, 6) is -0.466. The van der Waals surface area contributed by atoms with E-state index in [1.54, 1.807) is 12.1 Å². The Morgan fingerprint density at radius 3 is 2.81 bits per heavy atom. The maximum absolute atomic E-state index is 14.7. The zero-order valence-corrected chi connectivity index (χ0v) is 16.6. The molecule has 11 heteroatoms. The molecule has 1 aliphatic heterocycles. The molecular weight excluding hydrogens is 438 g/mol. The van der Waals surface area contributed by atoms with Gasteiger partial charge < -0.3 is 15.8 Å². The van der Waals surface area contributed by atoms with Crippen molar-refractivity contribution in [2.45, 2.75) is 24.5 Å². The van der Waals surface area contributed by atoms with E-state index in [-0.39, 0.29) is 5.56 Å². The van der Waals surface area contributed by atoms with Crippen molar-refractivity contribution in [3.05, 3.63) is 59.1 Å². The first-order valence-corrected chi connectivity index (χ1v) is 9.52. The first-order chi connectivity index (χ1) is 14.8. The van der Waals surface area contributed by atoms with E-state index in [0.717, 1.165) is 6.07 Å². The number of anilines is 2. The first-order valence-electron chi connectivity index (χ1n) is 9.15. The molecule has 3 N–H and O–H groups in total. The maximum Gasteiger partial charge on any atom is 0.283 e. The molecule has 0 saturated heterocycles. The highest BCUT2D eigenvalue weighted by molar-refractivity contribution is 6.31. The van der Waals surface area contributed by atoms with Crippen LogP contribution in [0.5, 0.6) is 0 Å². The van der Waals surface area contributed by atoms with E-state index in [9.17, 15) is 17.6 Å². The molecule has 3 aromatic rings. The van der Waals surface area contributed by atoms with Crippen molar-refractivity contribution < 1.29 is 22.3 Å². The number of alkyl halides is 3. The summed E-state index contributed by atoms with van der Waals surface area (Å²) >= 11 is 5.97. The Morgan fingerprint density at radius 2 is 2.06 bits per heavy atom. The van der Waals surface area contributed by atoms with E-state index in [2.05, 4.69) is 20.3 Å². The molecule has 3 heterocycles. The van der Waals surface area contributed by atoms with Crippen LogP contribution < -0.4 is 11.1 Å². The highest BCUT2D eigenvalue weighted by atomic mass is 35.5. The minimum atomic E-state index is -2.94. The molecule has 0 fully saturated rings. The molecule has 6 nitrogen and oxygen atoms in total. The summed E-state index contributed by atoms with van der Waals surface area (Å²) in [7, 11) is 0. The molecule has 0 bridgehead atoms. The van der Waals surface area contributed by atoms with Crippen molar-refractivity contribution in [1.29, 1.82) is 0 Å². The van der Waals surface area contributed by atoms with Gasteiger partial charge >= 0.3 is 0 Å². The average molecular weight is 454 g/mol. The van der Waals surface area contributed by atoms with E-state index in [4.69, 9.17) is 22.1 Å². The zero-order chi connectivity index (χ0) is 22.2. The number of ether oxygens (including phenoxy) is 1. The number of aliphatic imine (C=N–C) groups is 1. The number of amidine groups is 1. The number of hydrogen-bond acceptors (Lipinski definition) is 6. The number of pyridine rings is 2. The Hall–Kier alpha value is -3.14. The van der Waals surface area contributed by atoms with Crippen molar-refractivity contribution >= 4 is 40.0 Å². The van der Waals surface area contributed by atoms with Crippen LogP contribution in [0.15, 0.2) is 47.7 Å². The lowest BCUT2D eigenvalue weighted by Crippen LogP contribution is -2.45. The van der Waals surface area contributed by atoms with Gasteiger partial charge in [-0.25, -0.2) is 27.5 Å². The quantitative estimate of drug-likeness (QED) is 0.547. The summed E-state index contributed by atoms with van der Waals surface area (Å²) < 4.78 is 60.1. The molecule has 4 rings (SSSR count). The molecule has 2 unspecified atom stereocenters. The van der Waals surface area contributed by atoms with Gasteiger partial charge in [0, 0.05) is 35.5 Å². The Morgan fingerprint density at radius 1 is 1.26 bits per heavy atom. The number of benzene rings is 1. The molecule has 0 spiro atoms. The Kier molecular flexibility index (Phi) is 5.57. The van der Waals surface area contributed by atoms with E-state index in [1.165, 1.54) is 24.5 Å². The van der Waals surface area contributed by atoms with Gasteiger partial charge in [0.1, 0.15) is 23.5 Å². The van der Waals surface area contributed by atoms with Gasteiger partial charge in [0.2, 0.25) is 0 Å². The maximum atomic E-state index is 14.7. The third-order valence-electron chi connectivity index (χ3n) is 4.93. The van der Waals surface area contributed by atoms with Crippen LogP contribution in [0.3, 0.4) is 0 Å². The first kappa shape index (κ1) is 21.1. The molecule has 162 valence electrons. The molecule has 0 amide bonds. The van der Waals surface area contributed by atoms with Crippen LogP contribution in [0.4, 0.5) is 29.1 Å². The fraction of sp³-hybridized carbons (Fsp3) is 0.250. The number of halogens is 5. The van der Waals surface area contributed by atoms with Gasteiger partial charge in [0.15, 0.2) is 11.9 Å².